The molecule has 7 heteroatoms. The van der Waals surface area contributed by atoms with Gasteiger partial charge in [-0.2, -0.15) is 0 Å². The van der Waals surface area contributed by atoms with Crippen LogP contribution in [0, 0.1) is 20.8 Å². The third kappa shape index (κ3) is 5.39. The smallest absolute Gasteiger partial charge is 0.240 e. The molecule has 1 amide bonds. The lowest BCUT2D eigenvalue weighted by molar-refractivity contribution is -0.116. The fourth-order valence-corrected chi connectivity index (χ4v) is 3.84. The Morgan fingerprint density at radius 3 is 2.36 bits per heavy atom. The monoisotopic (exact) mass is 424 g/mol. The molecule has 134 valence electrons. The first-order valence-electron chi connectivity index (χ1n) is 7.82. The number of carbonyl (C=O) groups is 1. The minimum absolute atomic E-state index is 0.0384. The lowest BCUT2D eigenvalue weighted by Gasteiger charge is -2.10. The van der Waals surface area contributed by atoms with Crippen LogP contribution in [0.15, 0.2) is 45.8 Å². The first-order chi connectivity index (χ1) is 11.7. The third-order valence-corrected chi connectivity index (χ3v) is 5.85. The molecule has 0 aliphatic heterocycles. The number of rotatable bonds is 6. The highest BCUT2D eigenvalue weighted by molar-refractivity contribution is 9.10. The molecule has 0 fully saturated rings. The molecule has 0 heterocycles. The summed E-state index contributed by atoms with van der Waals surface area (Å²) in [7, 11) is -3.62. The van der Waals surface area contributed by atoms with E-state index in [1.54, 1.807) is 24.3 Å². The molecule has 2 aromatic carbocycles. The summed E-state index contributed by atoms with van der Waals surface area (Å²) < 4.78 is 28.0. The van der Waals surface area contributed by atoms with Gasteiger partial charge in [0.25, 0.3) is 0 Å². The summed E-state index contributed by atoms with van der Waals surface area (Å²) in [6.45, 7) is 5.72. The van der Waals surface area contributed by atoms with Crippen molar-refractivity contribution in [1.29, 1.82) is 0 Å². The van der Waals surface area contributed by atoms with Crippen molar-refractivity contribution in [2.75, 3.05) is 11.9 Å². The molecular formula is C18H21BrN2O3S. The summed E-state index contributed by atoms with van der Waals surface area (Å²) in [5.74, 6) is -0.242. The zero-order valence-corrected chi connectivity index (χ0v) is 16.8. The van der Waals surface area contributed by atoms with Gasteiger partial charge in [0, 0.05) is 23.1 Å². The molecule has 2 N–H and O–H groups in total. The largest absolute Gasteiger partial charge is 0.326 e. The molecule has 0 aromatic heterocycles. The Kier molecular flexibility index (Phi) is 6.37. The first-order valence-corrected chi connectivity index (χ1v) is 10.1. The molecule has 0 unspecified atom stereocenters. The van der Waals surface area contributed by atoms with E-state index in [0.717, 1.165) is 21.2 Å². The van der Waals surface area contributed by atoms with Crippen molar-refractivity contribution in [3.8, 4) is 0 Å². The van der Waals surface area contributed by atoms with Gasteiger partial charge in [0.1, 0.15) is 0 Å². The zero-order valence-electron chi connectivity index (χ0n) is 14.4. The molecule has 0 spiro atoms. The number of sulfonamides is 1. The Morgan fingerprint density at radius 2 is 1.72 bits per heavy atom. The molecule has 0 aliphatic rings. The lowest BCUT2D eigenvalue weighted by Crippen LogP contribution is -2.28. The average molecular weight is 425 g/mol. The fraction of sp³-hybridized carbons (Fsp3) is 0.278. The van der Waals surface area contributed by atoms with E-state index in [0.29, 0.717) is 5.69 Å². The molecule has 0 aliphatic carbocycles. The van der Waals surface area contributed by atoms with Gasteiger partial charge in [0.05, 0.1) is 4.90 Å². The fourth-order valence-electron chi connectivity index (χ4n) is 2.24. The SMILES string of the molecule is Cc1ccc(S(=O)(=O)NCCC(=O)Nc2ccc(Br)cc2C)cc1C. The number of halogens is 1. The van der Waals surface area contributed by atoms with Crippen molar-refractivity contribution in [1.82, 2.24) is 4.72 Å². The summed E-state index contributed by atoms with van der Waals surface area (Å²) in [5, 5.41) is 2.79. The maximum atomic E-state index is 12.3. The summed E-state index contributed by atoms with van der Waals surface area (Å²) in [6, 6.07) is 10.5. The predicted molar refractivity (Wildman–Crippen MR) is 103 cm³/mol. The van der Waals surface area contributed by atoms with Crippen LogP contribution in [0.2, 0.25) is 0 Å². The van der Waals surface area contributed by atoms with E-state index in [2.05, 4.69) is 26.0 Å². The van der Waals surface area contributed by atoms with Crippen LogP contribution in [0.1, 0.15) is 23.1 Å². The number of carbonyl (C=O) groups excluding carboxylic acids is 1. The summed E-state index contributed by atoms with van der Waals surface area (Å²) in [6.07, 6.45) is 0.0551. The van der Waals surface area contributed by atoms with Gasteiger partial charge >= 0.3 is 0 Å². The number of hydrogen-bond acceptors (Lipinski definition) is 3. The minimum atomic E-state index is -3.62. The van der Waals surface area contributed by atoms with Crippen LogP contribution >= 0.6 is 15.9 Å². The van der Waals surface area contributed by atoms with Crippen LogP contribution in [0.3, 0.4) is 0 Å². The van der Waals surface area contributed by atoms with Gasteiger partial charge in [-0.1, -0.05) is 22.0 Å². The van der Waals surface area contributed by atoms with Crippen LogP contribution in [-0.4, -0.2) is 20.9 Å². The van der Waals surface area contributed by atoms with E-state index in [4.69, 9.17) is 0 Å². The van der Waals surface area contributed by atoms with Crippen molar-refractivity contribution in [2.45, 2.75) is 32.1 Å². The molecule has 25 heavy (non-hydrogen) atoms. The number of nitrogens with one attached hydrogen (secondary N) is 2. The third-order valence-electron chi connectivity index (χ3n) is 3.90. The van der Waals surface area contributed by atoms with Crippen LogP contribution in [0.4, 0.5) is 5.69 Å². The molecule has 0 saturated carbocycles. The molecule has 2 aromatic rings. The molecule has 0 radical (unpaired) electrons. The molecule has 2 rings (SSSR count). The zero-order chi connectivity index (χ0) is 18.6. The minimum Gasteiger partial charge on any atom is -0.326 e. The number of hydrogen-bond donors (Lipinski definition) is 2. The first kappa shape index (κ1) is 19.6. The molecule has 0 atom stereocenters. The molecule has 0 saturated heterocycles. The number of amides is 1. The van der Waals surface area contributed by atoms with E-state index in [-0.39, 0.29) is 23.8 Å². The number of benzene rings is 2. The van der Waals surface area contributed by atoms with E-state index in [1.807, 2.05) is 32.9 Å². The van der Waals surface area contributed by atoms with Crippen molar-refractivity contribution in [3.63, 3.8) is 0 Å². The summed E-state index contributed by atoms with van der Waals surface area (Å²) >= 11 is 3.37. The molecule has 0 bridgehead atoms. The van der Waals surface area contributed by atoms with Crippen LogP contribution in [0.5, 0.6) is 0 Å². The molecular weight excluding hydrogens is 404 g/mol. The maximum Gasteiger partial charge on any atom is 0.240 e. The Balaban J connectivity index is 1.92. The average Bonchev–Trinajstić information content (AvgIpc) is 2.52. The van der Waals surface area contributed by atoms with Crippen LogP contribution in [-0.2, 0) is 14.8 Å². The number of aryl methyl sites for hydroxylation is 3. The topological polar surface area (TPSA) is 75.3 Å². The Morgan fingerprint density at radius 1 is 1.00 bits per heavy atom. The van der Waals surface area contributed by atoms with E-state index in [1.165, 1.54) is 0 Å². The van der Waals surface area contributed by atoms with Crippen molar-refractivity contribution in [3.05, 3.63) is 57.6 Å². The Hall–Kier alpha value is -1.70. The lowest BCUT2D eigenvalue weighted by atomic mass is 10.1. The van der Waals surface area contributed by atoms with Gasteiger partial charge in [-0.05, 0) is 67.8 Å². The second-order valence-corrected chi connectivity index (χ2v) is 8.58. The highest BCUT2D eigenvalue weighted by atomic mass is 79.9. The second-order valence-electron chi connectivity index (χ2n) is 5.90. The highest BCUT2D eigenvalue weighted by Gasteiger charge is 2.15. The van der Waals surface area contributed by atoms with E-state index >= 15 is 0 Å². The van der Waals surface area contributed by atoms with Crippen LogP contribution < -0.4 is 10.0 Å². The quantitative estimate of drug-likeness (QED) is 0.742. The van der Waals surface area contributed by atoms with Gasteiger partial charge in [0.2, 0.25) is 15.9 Å². The van der Waals surface area contributed by atoms with Crippen molar-refractivity contribution in [2.24, 2.45) is 0 Å². The van der Waals surface area contributed by atoms with Gasteiger partial charge in [0.15, 0.2) is 0 Å². The van der Waals surface area contributed by atoms with Gasteiger partial charge < -0.3 is 5.32 Å². The standard InChI is InChI=1S/C18H21BrN2O3S/c1-12-4-6-16(11-13(12)2)25(23,24)20-9-8-18(22)21-17-7-5-15(19)10-14(17)3/h4-7,10-11,20H,8-9H2,1-3H3,(H,21,22). The Bertz CT molecular complexity index is 895. The van der Waals surface area contributed by atoms with Crippen molar-refractivity contribution < 1.29 is 13.2 Å². The highest BCUT2D eigenvalue weighted by Crippen LogP contribution is 2.20. The normalized spacial score (nSPS) is 11.4. The van der Waals surface area contributed by atoms with Gasteiger partial charge in [-0.15, -0.1) is 0 Å². The second kappa shape index (κ2) is 8.12. The molecule has 5 nitrogen and oxygen atoms in total. The van der Waals surface area contributed by atoms with E-state index < -0.39 is 10.0 Å². The number of anilines is 1. The summed E-state index contributed by atoms with van der Waals surface area (Å²) in [4.78, 5) is 12.2. The van der Waals surface area contributed by atoms with E-state index in [9.17, 15) is 13.2 Å². The van der Waals surface area contributed by atoms with Gasteiger partial charge in [-0.25, -0.2) is 13.1 Å². The summed E-state index contributed by atoms with van der Waals surface area (Å²) in [5.41, 5.74) is 3.58. The van der Waals surface area contributed by atoms with Crippen molar-refractivity contribution >= 4 is 37.5 Å². The Labute approximate surface area is 157 Å². The van der Waals surface area contributed by atoms with Crippen LogP contribution in [0.25, 0.3) is 0 Å². The predicted octanol–water partition coefficient (Wildman–Crippen LogP) is 3.68. The van der Waals surface area contributed by atoms with Gasteiger partial charge in [-0.3, -0.25) is 4.79 Å². The maximum absolute atomic E-state index is 12.3.